The molecular formula is C14H18N2O3. The van der Waals surface area contributed by atoms with Crippen LogP contribution >= 0.6 is 0 Å². The molecule has 2 heterocycles. The number of piperidine rings is 1. The number of ether oxygens (including phenoxy) is 1. The molecule has 2 fully saturated rings. The molecule has 2 N–H and O–H groups in total. The summed E-state index contributed by atoms with van der Waals surface area (Å²) in [5, 5.41) is 12.6. The van der Waals surface area contributed by atoms with E-state index in [1.807, 2.05) is 0 Å². The first-order valence-electron chi connectivity index (χ1n) is 6.72. The van der Waals surface area contributed by atoms with Crippen LogP contribution in [0.4, 0.5) is 10.5 Å². The first kappa shape index (κ1) is 12.3. The monoisotopic (exact) mass is 262 g/mol. The fourth-order valence-electron chi connectivity index (χ4n) is 2.79. The number of amides is 1. The number of anilines is 1. The maximum Gasteiger partial charge on any atom is 0.414 e. The van der Waals surface area contributed by atoms with Crippen LogP contribution in [0.5, 0.6) is 5.75 Å². The molecule has 2 aliphatic rings. The van der Waals surface area contributed by atoms with Crippen LogP contribution in [0.15, 0.2) is 24.3 Å². The van der Waals surface area contributed by atoms with Gasteiger partial charge in [-0.05, 0) is 50.2 Å². The summed E-state index contributed by atoms with van der Waals surface area (Å²) in [6.45, 7) is 2.60. The van der Waals surface area contributed by atoms with Gasteiger partial charge in [0, 0.05) is 11.6 Å². The predicted octanol–water partition coefficient (Wildman–Crippen LogP) is 1.72. The molecule has 2 aliphatic heterocycles. The van der Waals surface area contributed by atoms with E-state index in [1.54, 1.807) is 29.2 Å². The molecule has 1 atom stereocenters. The van der Waals surface area contributed by atoms with E-state index in [1.165, 1.54) is 0 Å². The summed E-state index contributed by atoms with van der Waals surface area (Å²) >= 11 is 0. The summed E-state index contributed by atoms with van der Waals surface area (Å²) in [6, 6.07) is 6.64. The molecule has 102 valence electrons. The number of nitrogens with one attached hydrogen (secondary N) is 1. The number of phenolic OH excluding ortho intramolecular Hbond substituents is 1. The zero-order valence-corrected chi connectivity index (χ0v) is 10.7. The average molecular weight is 262 g/mol. The Morgan fingerprint density at radius 1 is 1.21 bits per heavy atom. The number of cyclic esters (lactones) is 1. The van der Waals surface area contributed by atoms with Crippen molar-refractivity contribution in [2.24, 2.45) is 5.92 Å². The molecule has 2 saturated heterocycles. The van der Waals surface area contributed by atoms with Gasteiger partial charge in [0.1, 0.15) is 11.9 Å². The van der Waals surface area contributed by atoms with Crippen molar-refractivity contribution in [3.63, 3.8) is 0 Å². The molecular weight excluding hydrogens is 244 g/mol. The Bertz CT molecular complexity index is 454. The van der Waals surface area contributed by atoms with E-state index in [0.29, 0.717) is 12.5 Å². The Balaban J connectivity index is 1.70. The normalized spacial score (nSPS) is 24.5. The zero-order chi connectivity index (χ0) is 13.2. The quantitative estimate of drug-likeness (QED) is 0.852. The van der Waals surface area contributed by atoms with Crippen molar-refractivity contribution in [2.45, 2.75) is 18.9 Å². The number of rotatable bonds is 2. The number of nitrogens with zero attached hydrogens (tertiary/aromatic N) is 1. The number of aromatic hydroxyl groups is 1. The van der Waals surface area contributed by atoms with Gasteiger partial charge in [-0.15, -0.1) is 0 Å². The van der Waals surface area contributed by atoms with Crippen molar-refractivity contribution in [2.75, 3.05) is 24.5 Å². The number of phenols is 1. The largest absolute Gasteiger partial charge is 0.508 e. The number of hydrogen-bond acceptors (Lipinski definition) is 4. The lowest BCUT2D eigenvalue weighted by molar-refractivity contribution is 0.0919. The second kappa shape index (κ2) is 5.09. The van der Waals surface area contributed by atoms with E-state index in [0.717, 1.165) is 31.6 Å². The van der Waals surface area contributed by atoms with Crippen molar-refractivity contribution >= 4 is 11.8 Å². The van der Waals surface area contributed by atoms with Crippen molar-refractivity contribution in [1.82, 2.24) is 5.32 Å². The van der Waals surface area contributed by atoms with E-state index < -0.39 is 0 Å². The van der Waals surface area contributed by atoms with Gasteiger partial charge in [0.25, 0.3) is 0 Å². The summed E-state index contributed by atoms with van der Waals surface area (Å²) in [4.78, 5) is 13.6. The number of benzene rings is 1. The van der Waals surface area contributed by atoms with Gasteiger partial charge in [0.15, 0.2) is 0 Å². The van der Waals surface area contributed by atoms with E-state index in [2.05, 4.69) is 5.32 Å². The first-order chi connectivity index (χ1) is 9.24. The summed E-state index contributed by atoms with van der Waals surface area (Å²) in [6.07, 6.45) is 1.82. The van der Waals surface area contributed by atoms with Gasteiger partial charge in [-0.1, -0.05) is 0 Å². The lowest BCUT2D eigenvalue weighted by Crippen LogP contribution is -2.36. The number of carbonyl (C=O) groups is 1. The molecule has 0 radical (unpaired) electrons. The molecule has 0 aromatic heterocycles. The van der Waals surface area contributed by atoms with Crippen LogP contribution in [0.1, 0.15) is 12.8 Å². The third-order valence-corrected chi connectivity index (χ3v) is 3.91. The van der Waals surface area contributed by atoms with E-state index in [4.69, 9.17) is 4.74 Å². The van der Waals surface area contributed by atoms with Gasteiger partial charge in [-0.3, -0.25) is 4.90 Å². The number of hydrogen-bond donors (Lipinski definition) is 2. The molecule has 19 heavy (non-hydrogen) atoms. The summed E-state index contributed by atoms with van der Waals surface area (Å²) < 4.78 is 5.49. The SMILES string of the molecule is O=C1OC(C2CCNCC2)CN1c1ccc(O)cc1. The molecule has 0 saturated carbocycles. The second-order valence-electron chi connectivity index (χ2n) is 5.14. The first-order valence-corrected chi connectivity index (χ1v) is 6.72. The van der Waals surface area contributed by atoms with Crippen LogP contribution in [-0.4, -0.2) is 36.9 Å². The van der Waals surface area contributed by atoms with Gasteiger partial charge >= 0.3 is 6.09 Å². The van der Waals surface area contributed by atoms with Crippen LogP contribution in [0.25, 0.3) is 0 Å². The van der Waals surface area contributed by atoms with Gasteiger partial charge < -0.3 is 15.2 Å². The van der Waals surface area contributed by atoms with Crippen LogP contribution in [0.3, 0.4) is 0 Å². The Hall–Kier alpha value is -1.75. The molecule has 1 aromatic carbocycles. The third kappa shape index (κ3) is 2.51. The maximum absolute atomic E-state index is 11.9. The lowest BCUT2D eigenvalue weighted by atomic mass is 9.92. The molecule has 0 spiro atoms. The van der Waals surface area contributed by atoms with E-state index in [-0.39, 0.29) is 17.9 Å². The average Bonchev–Trinajstić information content (AvgIpc) is 2.83. The van der Waals surface area contributed by atoms with Crippen LogP contribution in [-0.2, 0) is 4.74 Å². The minimum absolute atomic E-state index is 0.0107. The van der Waals surface area contributed by atoms with Crippen LogP contribution < -0.4 is 10.2 Å². The van der Waals surface area contributed by atoms with Gasteiger partial charge in [-0.25, -0.2) is 4.79 Å². The van der Waals surface area contributed by atoms with Crippen molar-refractivity contribution in [3.8, 4) is 5.75 Å². The molecule has 5 heteroatoms. The highest BCUT2D eigenvalue weighted by molar-refractivity contribution is 5.89. The molecule has 1 unspecified atom stereocenters. The van der Waals surface area contributed by atoms with Crippen molar-refractivity contribution in [3.05, 3.63) is 24.3 Å². The minimum atomic E-state index is -0.283. The minimum Gasteiger partial charge on any atom is -0.508 e. The van der Waals surface area contributed by atoms with Gasteiger partial charge in [-0.2, -0.15) is 0 Å². The summed E-state index contributed by atoms with van der Waals surface area (Å²) in [7, 11) is 0. The standard InChI is InChI=1S/C14H18N2O3/c17-12-3-1-11(2-4-12)16-9-13(19-14(16)18)10-5-7-15-8-6-10/h1-4,10,13,15,17H,5-9H2. The highest BCUT2D eigenvalue weighted by atomic mass is 16.6. The summed E-state index contributed by atoms with van der Waals surface area (Å²) in [5.74, 6) is 0.651. The van der Waals surface area contributed by atoms with Crippen LogP contribution in [0.2, 0.25) is 0 Å². The Morgan fingerprint density at radius 2 is 1.89 bits per heavy atom. The molecule has 1 amide bonds. The molecule has 3 rings (SSSR count). The summed E-state index contributed by atoms with van der Waals surface area (Å²) in [5.41, 5.74) is 0.777. The van der Waals surface area contributed by atoms with Gasteiger partial charge in [0.05, 0.1) is 6.54 Å². The van der Waals surface area contributed by atoms with Crippen LogP contribution in [0, 0.1) is 5.92 Å². The third-order valence-electron chi connectivity index (χ3n) is 3.91. The number of carbonyl (C=O) groups excluding carboxylic acids is 1. The zero-order valence-electron chi connectivity index (χ0n) is 10.7. The Kier molecular flexibility index (Phi) is 3.29. The molecule has 0 bridgehead atoms. The molecule has 0 aliphatic carbocycles. The predicted molar refractivity (Wildman–Crippen MR) is 71.3 cm³/mol. The maximum atomic E-state index is 11.9. The highest BCUT2D eigenvalue weighted by Gasteiger charge is 2.37. The lowest BCUT2D eigenvalue weighted by Gasteiger charge is -2.26. The highest BCUT2D eigenvalue weighted by Crippen LogP contribution is 2.29. The van der Waals surface area contributed by atoms with E-state index >= 15 is 0 Å². The Labute approximate surface area is 112 Å². The van der Waals surface area contributed by atoms with Gasteiger partial charge in [0.2, 0.25) is 0 Å². The van der Waals surface area contributed by atoms with Crippen molar-refractivity contribution in [1.29, 1.82) is 0 Å². The topological polar surface area (TPSA) is 61.8 Å². The fourth-order valence-corrected chi connectivity index (χ4v) is 2.79. The fraction of sp³-hybridized carbons (Fsp3) is 0.500. The molecule has 5 nitrogen and oxygen atoms in total. The second-order valence-corrected chi connectivity index (χ2v) is 5.14. The smallest absolute Gasteiger partial charge is 0.414 e. The van der Waals surface area contributed by atoms with Crippen molar-refractivity contribution < 1.29 is 14.6 Å². The molecule has 1 aromatic rings. The van der Waals surface area contributed by atoms with E-state index in [9.17, 15) is 9.90 Å². The Morgan fingerprint density at radius 3 is 2.58 bits per heavy atom.